The number of halogens is 2. The van der Waals surface area contributed by atoms with Gasteiger partial charge in [0.1, 0.15) is 12.4 Å². The van der Waals surface area contributed by atoms with Gasteiger partial charge in [0.05, 0.1) is 11.6 Å². The maximum Gasteiger partial charge on any atom is 0.191 e. The average molecular weight is 309 g/mol. The van der Waals surface area contributed by atoms with Crippen molar-refractivity contribution >= 4 is 23.2 Å². The second-order valence-corrected chi connectivity index (χ2v) is 4.53. The molecule has 0 saturated carbocycles. The maximum absolute atomic E-state index is 9.28. The number of hydrogen-bond donors (Lipinski definition) is 1. The van der Waals surface area contributed by atoms with Crippen molar-refractivity contribution in [1.82, 2.24) is 0 Å². The Kier molecular flexibility index (Phi) is 7.49. The van der Waals surface area contributed by atoms with Gasteiger partial charge in [0.2, 0.25) is 0 Å². The van der Waals surface area contributed by atoms with Crippen LogP contribution in [0, 0.1) is 0 Å². The summed E-state index contributed by atoms with van der Waals surface area (Å²) in [6.45, 7) is 4.78. The summed E-state index contributed by atoms with van der Waals surface area (Å²) < 4.78 is 16.3. The second kappa shape index (κ2) is 8.61. The molecule has 1 rings (SSSR count). The highest BCUT2D eigenvalue weighted by atomic mass is 35.5. The van der Waals surface area contributed by atoms with Crippen LogP contribution >= 0.6 is 23.2 Å². The fourth-order valence-electron chi connectivity index (χ4n) is 1.56. The lowest BCUT2D eigenvalue weighted by atomic mass is 10.2. The second-order valence-electron chi connectivity index (χ2n) is 3.69. The molecule has 0 atom stereocenters. The molecule has 0 saturated heterocycles. The molecule has 0 fully saturated rings. The molecule has 1 aromatic rings. The summed E-state index contributed by atoms with van der Waals surface area (Å²) in [5.41, 5.74) is 0.532. The zero-order chi connectivity index (χ0) is 14.3. The van der Waals surface area contributed by atoms with Crippen LogP contribution in [0.4, 0.5) is 0 Å². The first-order valence-electron chi connectivity index (χ1n) is 6.07. The highest BCUT2D eigenvalue weighted by molar-refractivity contribution is 6.35. The molecule has 0 amide bonds. The smallest absolute Gasteiger partial charge is 0.191 e. The lowest BCUT2D eigenvalue weighted by Gasteiger charge is -2.19. The maximum atomic E-state index is 9.28. The van der Waals surface area contributed by atoms with Crippen molar-refractivity contribution in [2.45, 2.75) is 26.7 Å². The van der Waals surface area contributed by atoms with Crippen LogP contribution in [0.15, 0.2) is 12.1 Å². The lowest BCUT2D eigenvalue weighted by molar-refractivity contribution is -0.152. The standard InChI is InChI=1S/C13H18Cl2O4/c1-3-17-12(18-4-2)8-19-13-9(7-16)5-10(14)6-11(13)15/h5-6,12,16H,3-4,7-8H2,1-2H3. The van der Waals surface area contributed by atoms with Crippen molar-refractivity contribution < 1.29 is 19.3 Å². The Morgan fingerprint density at radius 3 is 2.32 bits per heavy atom. The fraction of sp³-hybridized carbons (Fsp3) is 0.538. The van der Waals surface area contributed by atoms with Crippen LogP contribution in [-0.4, -0.2) is 31.2 Å². The Hall–Kier alpha value is -0.520. The largest absolute Gasteiger partial charge is 0.486 e. The van der Waals surface area contributed by atoms with E-state index in [4.69, 9.17) is 37.4 Å². The van der Waals surface area contributed by atoms with Crippen LogP contribution in [0.5, 0.6) is 5.75 Å². The van der Waals surface area contributed by atoms with E-state index in [0.29, 0.717) is 34.6 Å². The van der Waals surface area contributed by atoms with E-state index < -0.39 is 6.29 Å². The van der Waals surface area contributed by atoms with Crippen molar-refractivity contribution in [2.24, 2.45) is 0 Å². The summed E-state index contributed by atoms with van der Waals surface area (Å²) >= 11 is 11.9. The van der Waals surface area contributed by atoms with E-state index in [1.807, 2.05) is 13.8 Å². The molecule has 1 aromatic carbocycles. The molecule has 0 aromatic heterocycles. The van der Waals surface area contributed by atoms with Crippen molar-refractivity contribution in [3.63, 3.8) is 0 Å². The first kappa shape index (κ1) is 16.5. The van der Waals surface area contributed by atoms with Gasteiger partial charge in [-0.25, -0.2) is 0 Å². The van der Waals surface area contributed by atoms with Gasteiger partial charge in [0.15, 0.2) is 6.29 Å². The van der Waals surface area contributed by atoms with E-state index in [2.05, 4.69) is 0 Å². The molecule has 1 N–H and O–H groups in total. The monoisotopic (exact) mass is 308 g/mol. The summed E-state index contributed by atoms with van der Waals surface area (Å²) in [5.74, 6) is 0.401. The molecule has 0 bridgehead atoms. The molecular formula is C13H18Cl2O4. The van der Waals surface area contributed by atoms with E-state index in [1.54, 1.807) is 12.1 Å². The quantitative estimate of drug-likeness (QED) is 0.749. The minimum absolute atomic E-state index is 0.191. The minimum Gasteiger partial charge on any atom is -0.486 e. The number of hydrogen-bond acceptors (Lipinski definition) is 4. The fourth-order valence-corrected chi connectivity index (χ4v) is 2.15. The SMILES string of the molecule is CCOC(COc1c(Cl)cc(Cl)cc1CO)OCC. The van der Waals surface area contributed by atoms with E-state index in [0.717, 1.165) is 0 Å². The summed E-state index contributed by atoms with van der Waals surface area (Å²) in [7, 11) is 0. The average Bonchev–Trinajstić information content (AvgIpc) is 2.37. The van der Waals surface area contributed by atoms with Crippen LogP contribution in [0.1, 0.15) is 19.4 Å². The van der Waals surface area contributed by atoms with E-state index in [-0.39, 0.29) is 13.2 Å². The van der Waals surface area contributed by atoms with Gasteiger partial charge in [-0.3, -0.25) is 0 Å². The van der Waals surface area contributed by atoms with Gasteiger partial charge in [0.25, 0.3) is 0 Å². The molecule has 6 heteroatoms. The molecule has 0 radical (unpaired) electrons. The minimum atomic E-state index is -0.465. The first-order chi connectivity index (χ1) is 9.12. The summed E-state index contributed by atoms with van der Waals surface area (Å²) in [4.78, 5) is 0. The number of aliphatic hydroxyl groups excluding tert-OH is 1. The van der Waals surface area contributed by atoms with Gasteiger partial charge in [-0.15, -0.1) is 0 Å². The van der Waals surface area contributed by atoms with Gasteiger partial charge in [0, 0.05) is 23.8 Å². The Bertz CT molecular complexity index is 392. The number of benzene rings is 1. The lowest BCUT2D eigenvalue weighted by Crippen LogP contribution is -2.25. The van der Waals surface area contributed by atoms with Gasteiger partial charge >= 0.3 is 0 Å². The molecule has 0 heterocycles. The molecular weight excluding hydrogens is 291 g/mol. The summed E-state index contributed by atoms with van der Waals surface area (Å²) in [6.07, 6.45) is -0.465. The van der Waals surface area contributed by atoms with Crippen LogP contribution < -0.4 is 4.74 Å². The van der Waals surface area contributed by atoms with Crippen molar-refractivity contribution in [2.75, 3.05) is 19.8 Å². The van der Waals surface area contributed by atoms with Crippen LogP contribution in [-0.2, 0) is 16.1 Å². The van der Waals surface area contributed by atoms with Gasteiger partial charge in [-0.1, -0.05) is 23.2 Å². The molecule has 0 aliphatic carbocycles. The Balaban J connectivity index is 2.75. The predicted molar refractivity (Wildman–Crippen MR) is 74.9 cm³/mol. The predicted octanol–water partition coefficient (Wildman–Crippen LogP) is 3.26. The zero-order valence-corrected chi connectivity index (χ0v) is 12.5. The van der Waals surface area contributed by atoms with Crippen molar-refractivity contribution in [3.8, 4) is 5.75 Å². The Morgan fingerprint density at radius 1 is 1.16 bits per heavy atom. The Labute approximate surface area is 123 Å². The number of aliphatic hydroxyl groups is 1. The highest BCUT2D eigenvalue weighted by Gasteiger charge is 2.14. The zero-order valence-electron chi connectivity index (χ0n) is 11.0. The molecule has 0 aliphatic heterocycles. The third-order valence-electron chi connectivity index (χ3n) is 2.32. The van der Waals surface area contributed by atoms with E-state index >= 15 is 0 Å². The normalized spacial score (nSPS) is 11.1. The molecule has 0 aliphatic rings. The summed E-state index contributed by atoms with van der Waals surface area (Å²) in [6, 6.07) is 3.17. The van der Waals surface area contributed by atoms with Gasteiger partial charge in [-0.2, -0.15) is 0 Å². The van der Waals surface area contributed by atoms with Gasteiger partial charge < -0.3 is 19.3 Å². The first-order valence-corrected chi connectivity index (χ1v) is 6.82. The molecule has 19 heavy (non-hydrogen) atoms. The molecule has 4 nitrogen and oxygen atoms in total. The third kappa shape index (κ3) is 5.16. The van der Waals surface area contributed by atoms with Crippen molar-refractivity contribution in [3.05, 3.63) is 27.7 Å². The molecule has 0 spiro atoms. The van der Waals surface area contributed by atoms with E-state index in [9.17, 15) is 5.11 Å². The van der Waals surface area contributed by atoms with Crippen LogP contribution in [0.3, 0.4) is 0 Å². The Morgan fingerprint density at radius 2 is 1.79 bits per heavy atom. The topological polar surface area (TPSA) is 47.9 Å². The van der Waals surface area contributed by atoms with Crippen LogP contribution in [0.2, 0.25) is 10.0 Å². The third-order valence-corrected chi connectivity index (χ3v) is 2.82. The summed E-state index contributed by atoms with van der Waals surface area (Å²) in [5, 5.41) is 10.1. The molecule has 0 unspecified atom stereocenters. The van der Waals surface area contributed by atoms with Crippen molar-refractivity contribution in [1.29, 1.82) is 0 Å². The van der Waals surface area contributed by atoms with E-state index in [1.165, 1.54) is 0 Å². The van der Waals surface area contributed by atoms with Crippen LogP contribution in [0.25, 0.3) is 0 Å². The number of rotatable bonds is 8. The molecule has 108 valence electrons. The number of ether oxygens (including phenoxy) is 3. The van der Waals surface area contributed by atoms with Gasteiger partial charge in [-0.05, 0) is 26.0 Å². The highest BCUT2D eigenvalue weighted by Crippen LogP contribution is 2.32.